The monoisotopic (exact) mass is 375 g/mol. The number of aromatic nitrogens is 3. The summed E-state index contributed by atoms with van der Waals surface area (Å²) in [7, 11) is 0. The van der Waals surface area contributed by atoms with Crippen molar-refractivity contribution in [2.24, 2.45) is 0 Å². The van der Waals surface area contributed by atoms with Crippen molar-refractivity contribution in [3.8, 4) is 11.6 Å². The Hall–Kier alpha value is -3.21. The van der Waals surface area contributed by atoms with Gasteiger partial charge in [-0.1, -0.05) is 31.2 Å². The molecule has 2 aromatic carbocycles. The first-order chi connectivity index (χ1) is 13.5. The summed E-state index contributed by atoms with van der Waals surface area (Å²) in [5, 5.41) is 5.72. The van der Waals surface area contributed by atoms with Crippen LogP contribution in [0, 0.1) is 19.7 Å². The number of benzene rings is 2. The maximum Gasteiger partial charge on any atom is 0.215 e. The molecule has 0 aliphatic carbocycles. The molecule has 2 aromatic heterocycles. The number of aryl methyl sites for hydroxylation is 3. The normalized spacial score (nSPS) is 11.1. The minimum atomic E-state index is -0.273. The van der Waals surface area contributed by atoms with Crippen molar-refractivity contribution in [1.29, 1.82) is 0 Å². The molecule has 0 saturated heterocycles. The summed E-state index contributed by atoms with van der Waals surface area (Å²) in [6, 6.07) is 16.6. The lowest BCUT2D eigenvalue weighted by Crippen LogP contribution is -2.01. The van der Waals surface area contributed by atoms with E-state index in [1.807, 2.05) is 30.7 Å². The molecule has 0 unspecified atom stereocenters. The van der Waals surface area contributed by atoms with Crippen LogP contribution >= 0.6 is 0 Å². The van der Waals surface area contributed by atoms with Crippen molar-refractivity contribution in [3.63, 3.8) is 0 Å². The molecule has 0 spiro atoms. The number of hydrogen-bond acceptors (Lipinski definition) is 3. The van der Waals surface area contributed by atoms with Gasteiger partial charge in [0.25, 0.3) is 0 Å². The summed E-state index contributed by atoms with van der Waals surface area (Å²) in [5.41, 5.74) is 5.74. The van der Waals surface area contributed by atoms with E-state index in [2.05, 4.69) is 31.2 Å². The van der Waals surface area contributed by atoms with Crippen LogP contribution in [0.15, 0.2) is 54.6 Å². The van der Waals surface area contributed by atoms with Gasteiger partial charge < -0.3 is 4.74 Å². The summed E-state index contributed by atoms with van der Waals surface area (Å²) in [6.45, 7) is 6.41. The molecule has 0 fully saturated rings. The molecule has 2 heterocycles. The van der Waals surface area contributed by atoms with Crippen molar-refractivity contribution in [2.75, 3.05) is 0 Å². The molecule has 0 N–H and O–H groups in total. The van der Waals surface area contributed by atoms with Crippen LogP contribution in [0.3, 0.4) is 0 Å². The zero-order valence-corrected chi connectivity index (χ0v) is 16.2. The first-order valence-electron chi connectivity index (χ1n) is 9.38. The van der Waals surface area contributed by atoms with Crippen LogP contribution in [0.2, 0.25) is 0 Å². The van der Waals surface area contributed by atoms with Crippen LogP contribution in [-0.2, 0) is 13.0 Å². The molecule has 4 aromatic rings. The number of halogens is 1. The Labute approximate surface area is 163 Å². The molecule has 0 radical (unpaired) electrons. The summed E-state index contributed by atoms with van der Waals surface area (Å²) >= 11 is 0. The lowest BCUT2D eigenvalue weighted by atomic mass is 10.1. The number of pyridine rings is 1. The predicted octanol–water partition coefficient (Wildman–Crippen LogP) is 5.32. The van der Waals surface area contributed by atoms with E-state index in [1.54, 1.807) is 6.07 Å². The van der Waals surface area contributed by atoms with Gasteiger partial charge in [0.15, 0.2) is 5.65 Å². The van der Waals surface area contributed by atoms with Crippen molar-refractivity contribution < 1.29 is 9.13 Å². The molecule has 28 heavy (non-hydrogen) atoms. The Kier molecular flexibility index (Phi) is 4.82. The van der Waals surface area contributed by atoms with E-state index in [4.69, 9.17) is 14.8 Å². The largest absolute Gasteiger partial charge is 0.473 e. The molecular formula is C23H22FN3O. The smallest absolute Gasteiger partial charge is 0.215 e. The van der Waals surface area contributed by atoms with Crippen molar-refractivity contribution in [2.45, 2.75) is 33.8 Å². The lowest BCUT2D eigenvalue weighted by Gasteiger charge is -2.09. The van der Waals surface area contributed by atoms with Crippen LogP contribution in [0.25, 0.3) is 16.7 Å². The average molecular weight is 375 g/mol. The third kappa shape index (κ3) is 3.48. The van der Waals surface area contributed by atoms with Gasteiger partial charge in [0, 0.05) is 11.5 Å². The number of hydrogen-bond donors (Lipinski definition) is 0. The highest BCUT2D eigenvalue weighted by atomic mass is 19.1. The minimum Gasteiger partial charge on any atom is -0.473 e. The zero-order chi connectivity index (χ0) is 19.7. The highest BCUT2D eigenvalue weighted by Crippen LogP contribution is 2.27. The van der Waals surface area contributed by atoms with Crippen LogP contribution < -0.4 is 4.74 Å². The van der Waals surface area contributed by atoms with Crippen LogP contribution in [-0.4, -0.2) is 14.8 Å². The van der Waals surface area contributed by atoms with E-state index in [1.165, 1.54) is 17.7 Å². The number of nitrogens with zero attached hydrogens (tertiary/aromatic N) is 3. The fourth-order valence-electron chi connectivity index (χ4n) is 3.38. The van der Waals surface area contributed by atoms with E-state index < -0.39 is 0 Å². The van der Waals surface area contributed by atoms with Gasteiger partial charge in [0.1, 0.15) is 12.4 Å². The van der Waals surface area contributed by atoms with E-state index in [9.17, 15) is 4.39 Å². The Morgan fingerprint density at radius 2 is 1.79 bits per heavy atom. The van der Waals surface area contributed by atoms with Gasteiger partial charge in [-0.05, 0) is 61.2 Å². The zero-order valence-electron chi connectivity index (χ0n) is 16.2. The predicted molar refractivity (Wildman–Crippen MR) is 108 cm³/mol. The Morgan fingerprint density at radius 1 is 1.00 bits per heavy atom. The van der Waals surface area contributed by atoms with Crippen LogP contribution in [0.5, 0.6) is 5.88 Å². The molecule has 5 heteroatoms. The minimum absolute atomic E-state index is 0.258. The van der Waals surface area contributed by atoms with Gasteiger partial charge in [-0.25, -0.2) is 9.07 Å². The summed E-state index contributed by atoms with van der Waals surface area (Å²) in [4.78, 5) is 4.70. The molecule has 0 bridgehead atoms. The Bertz CT molecular complexity index is 1130. The summed E-state index contributed by atoms with van der Waals surface area (Å²) in [6.07, 6.45) is 0.995. The Morgan fingerprint density at radius 3 is 2.50 bits per heavy atom. The third-order valence-electron chi connectivity index (χ3n) is 4.85. The second-order valence-electron chi connectivity index (χ2n) is 6.91. The first kappa shape index (κ1) is 18.2. The number of ether oxygens (including phenoxy) is 1. The molecule has 0 saturated carbocycles. The fourth-order valence-corrected chi connectivity index (χ4v) is 3.38. The molecule has 0 atom stereocenters. The topological polar surface area (TPSA) is 39.9 Å². The molecular weight excluding hydrogens is 353 g/mol. The van der Waals surface area contributed by atoms with Gasteiger partial charge in [-0.15, -0.1) is 0 Å². The Balaban J connectivity index is 1.71. The molecule has 0 aliphatic rings. The molecule has 0 aliphatic heterocycles. The van der Waals surface area contributed by atoms with Gasteiger partial charge in [-0.2, -0.15) is 10.1 Å². The second kappa shape index (κ2) is 7.43. The average Bonchev–Trinajstić information content (AvgIpc) is 3.03. The van der Waals surface area contributed by atoms with E-state index >= 15 is 0 Å². The van der Waals surface area contributed by atoms with Gasteiger partial charge >= 0.3 is 0 Å². The molecule has 142 valence electrons. The van der Waals surface area contributed by atoms with Crippen molar-refractivity contribution in [3.05, 3.63) is 82.8 Å². The van der Waals surface area contributed by atoms with E-state index in [0.29, 0.717) is 5.88 Å². The summed E-state index contributed by atoms with van der Waals surface area (Å²) < 4.78 is 21.1. The fraction of sp³-hybridized carbons (Fsp3) is 0.217. The number of rotatable bonds is 5. The standard InChI is InChI=1S/C23H22FN3O/c1-4-17-8-10-20(11-9-17)27-23-22(16(3)26-27)15(2)12-21(25-23)28-14-18-6-5-7-19(24)13-18/h5-13H,4,14H2,1-3H3. The second-order valence-corrected chi connectivity index (χ2v) is 6.91. The quantitative estimate of drug-likeness (QED) is 0.474. The van der Waals surface area contributed by atoms with Gasteiger partial charge in [0.2, 0.25) is 5.88 Å². The van der Waals surface area contributed by atoms with Crippen molar-refractivity contribution in [1.82, 2.24) is 14.8 Å². The molecule has 4 nitrogen and oxygen atoms in total. The molecule has 4 rings (SSSR count). The van der Waals surface area contributed by atoms with E-state index in [0.717, 1.165) is 40.0 Å². The SMILES string of the molecule is CCc1ccc(-n2nc(C)c3c(C)cc(OCc4cccc(F)c4)nc32)cc1. The highest BCUT2D eigenvalue weighted by molar-refractivity contribution is 5.84. The number of fused-ring (bicyclic) bond motifs is 1. The van der Waals surface area contributed by atoms with Crippen LogP contribution in [0.4, 0.5) is 4.39 Å². The summed E-state index contributed by atoms with van der Waals surface area (Å²) in [5.74, 6) is 0.227. The lowest BCUT2D eigenvalue weighted by molar-refractivity contribution is 0.294. The molecule has 0 amide bonds. The first-order valence-corrected chi connectivity index (χ1v) is 9.38. The third-order valence-corrected chi connectivity index (χ3v) is 4.85. The van der Waals surface area contributed by atoms with Gasteiger partial charge in [-0.3, -0.25) is 0 Å². The maximum atomic E-state index is 13.4. The van der Waals surface area contributed by atoms with E-state index in [-0.39, 0.29) is 12.4 Å². The van der Waals surface area contributed by atoms with Gasteiger partial charge in [0.05, 0.1) is 11.4 Å². The van der Waals surface area contributed by atoms with Crippen molar-refractivity contribution >= 4 is 11.0 Å². The highest BCUT2D eigenvalue weighted by Gasteiger charge is 2.15. The maximum absolute atomic E-state index is 13.4. The van der Waals surface area contributed by atoms with Crippen LogP contribution in [0.1, 0.15) is 29.3 Å².